The van der Waals surface area contributed by atoms with Crippen LogP contribution in [-0.2, 0) is 11.2 Å². The number of halogens is 1. The summed E-state index contributed by atoms with van der Waals surface area (Å²) >= 11 is 0. The third-order valence-electron chi connectivity index (χ3n) is 6.71. The van der Waals surface area contributed by atoms with Crippen molar-refractivity contribution in [3.05, 3.63) is 84.2 Å². The number of hydrogen-bond donors (Lipinski definition) is 1. The fourth-order valence-corrected chi connectivity index (χ4v) is 5.08. The molecule has 0 aliphatic carbocycles. The molecule has 2 aliphatic rings. The van der Waals surface area contributed by atoms with Gasteiger partial charge in [-0.05, 0) is 72.5 Å². The lowest BCUT2D eigenvalue weighted by molar-refractivity contribution is -0.115. The number of nitrogens with one attached hydrogen (secondary N) is 1. The Kier molecular flexibility index (Phi) is 5.66. The fourth-order valence-electron chi connectivity index (χ4n) is 5.08. The second kappa shape index (κ2) is 8.75. The van der Waals surface area contributed by atoms with Gasteiger partial charge in [0.2, 0.25) is 5.91 Å². The van der Waals surface area contributed by atoms with Crippen LogP contribution in [0.5, 0.6) is 0 Å². The quantitative estimate of drug-likeness (QED) is 0.632. The molecule has 0 saturated carbocycles. The zero-order valence-electron chi connectivity index (χ0n) is 18.3. The van der Waals surface area contributed by atoms with Crippen LogP contribution in [0.2, 0.25) is 0 Å². The van der Waals surface area contributed by atoms with Gasteiger partial charge in [0, 0.05) is 37.1 Å². The highest BCUT2D eigenvalue weighted by atomic mass is 19.1. The Morgan fingerprint density at radius 3 is 2.28 bits per heavy atom. The smallest absolute Gasteiger partial charge is 0.228 e. The van der Waals surface area contributed by atoms with Crippen LogP contribution in [0, 0.1) is 11.7 Å². The average molecular weight is 430 g/mol. The first-order chi connectivity index (χ1) is 15.5. The Morgan fingerprint density at radius 1 is 0.938 bits per heavy atom. The molecule has 0 bridgehead atoms. The van der Waals surface area contributed by atoms with E-state index in [1.807, 2.05) is 36.4 Å². The minimum absolute atomic E-state index is 0.0362. The summed E-state index contributed by atoms with van der Waals surface area (Å²) in [5.41, 5.74) is 4.96. The Balaban J connectivity index is 1.18. The van der Waals surface area contributed by atoms with E-state index < -0.39 is 0 Å². The molecule has 5 heteroatoms. The standard InChI is InChI=1S/C27H28FN3O/c1-30-17-22-14-15-31(26(22)18-30)25-12-10-24(11-13-25)29-27(32)16-19-2-4-20(5-3-19)21-6-8-23(28)9-7-21/h2-13,22,26H,14-18H2,1H3,(H,29,32)/t22-,26+/m0/s1. The molecule has 3 aromatic carbocycles. The fraction of sp³-hybridized carbons (Fsp3) is 0.296. The van der Waals surface area contributed by atoms with Gasteiger partial charge in [0.15, 0.2) is 0 Å². The van der Waals surface area contributed by atoms with Crippen molar-refractivity contribution in [1.29, 1.82) is 0 Å². The van der Waals surface area contributed by atoms with E-state index in [1.54, 1.807) is 12.1 Å². The number of anilines is 2. The van der Waals surface area contributed by atoms with Gasteiger partial charge in [-0.25, -0.2) is 4.39 Å². The summed E-state index contributed by atoms with van der Waals surface area (Å²) in [6, 6.07) is 23.1. The van der Waals surface area contributed by atoms with E-state index in [0.717, 1.165) is 41.4 Å². The van der Waals surface area contributed by atoms with E-state index in [9.17, 15) is 9.18 Å². The molecule has 3 aromatic rings. The zero-order valence-corrected chi connectivity index (χ0v) is 18.3. The van der Waals surface area contributed by atoms with Crippen LogP contribution in [0.25, 0.3) is 11.1 Å². The minimum atomic E-state index is -0.245. The van der Waals surface area contributed by atoms with E-state index in [-0.39, 0.29) is 11.7 Å². The number of carbonyl (C=O) groups excluding carboxylic acids is 1. The number of fused-ring (bicyclic) bond motifs is 1. The highest BCUT2D eigenvalue weighted by Crippen LogP contribution is 2.34. The molecule has 0 unspecified atom stereocenters. The monoisotopic (exact) mass is 429 g/mol. The Morgan fingerprint density at radius 2 is 1.59 bits per heavy atom. The lowest BCUT2D eigenvalue weighted by Crippen LogP contribution is -2.34. The van der Waals surface area contributed by atoms with E-state index in [1.165, 1.54) is 30.8 Å². The van der Waals surface area contributed by atoms with Gasteiger partial charge in [-0.15, -0.1) is 0 Å². The highest BCUT2D eigenvalue weighted by molar-refractivity contribution is 5.92. The molecule has 2 saturated heterocycles. The summed E-state index contributed by atoms with van der Waals surface area (Å²) in [5, 5.41) is 3.01. The SMILES string of the molecule is CN1C[C@@H]2CCN(c3ccc(NC(=O)Cc4ccc(-c5ccc(F)cc5)cc4)cc3)[C@@H]2C1. The molecule has 0 radical (unpaired) electrons. The van der Waals surface area contributed by atoms with E-state index >= 15 is 0 Å². The normalized spacial score (nSPS) is 20.4. The van der Waals surface area contributed by atoms with Crippen molar-refractivity contribution >= 4 is 17.3 Å². The second-order valence-electron chi connectivity index (χ2n) is 9.01. The average Bonchev–Trinajstić information content (AvgIpc) is 3.34. The van der Waals surface area contributed by atoms with E-state index in [0.29, 0.717) is 12.5 Å². The highest BCUT2D eigenvalue weighted by Gasteiger charge is 2.39. The summed E-state index contributed by atoms with van der Waals surface area (Å²) < 4.78 is 13.1. The number of likely N-dealkylation sites (N-methyl/N-ethyl adjacent to an activating group) is 1. The van der Waals surface area contributed by atoms with Gasteiger partial charge in [0.05, 0.1) is 6.42 Å². The third-order valence-corrected chi connectivity index (χ3v) is 6.71. The summed E-state index contributed by atoms with van der Waals surface area (Å²) in [6.45, 7) is 3.44. The number of nitrogens with zero attached hydrogens (tertiary/aromatic N) is 2. The van der Waals surface area contributed by atoms with Crippen LogP contribution < -0.4 is 10.2 Å². The second-order valence-corrected chi connectivity index (χ2v) is 9.01. The van der Waals surface area contributed by atoms with Crippen molar-refractivity contribution in [3.63, 3.8) is 0 Å². The number of hydrogen-bond acceptors (Lipinski definition) is 3. The van der Waals surface area contributed by atoms with Crippen molar-refractivity contribution < 1.29 is 9.18 Å². The first-order valence-corrected chi connectivity index (χ1v) is 11.3. The molecule has 1 N–H and O–H groups in total. The van der Waals surface area contributed by atoms with Crippen molar-refractivity contribution in [2.24, 2.45) is 5.92 Å². The number of benzene rings is 3. The van der Waals surface area contributed by atoms with Gasteiger partial charge in [0.25, 0.3) is 0 Å². The van der Waals surface area contributed by atoms with Gasteiger partial charge in [-0.2, -0.15) is 0 Å². The molecule has 164 valence electrons. The first kappa shape index (κ1) is 20.7. The van der Waals surface area contributed by atoms with Crippen molar-refractivity contribution in [1.82, 2.24) is 4.90 Å². The topological polar surface area (TPSA) is 35.6 Å². The summed E-state index contributed by atoms with van der Waals surface area (Å²) in [6.07, 6.45) is 1.57. The summed E-state index contributed by atoms with van der Waals surface area (Å²) in [4.78, 5) is 17.5. The predicted molar refractivity (Wildman–Crippen MR) is 127 cm³/mol. The summed E-state index contributed by atoms with van der Waals surface area (Å²) in [7, 11) is 2.20. The number of carbonyl (C=O) groups is 1. The number of rotatable bonds is 5. The van der Waals surface area contributed by atoms with Crippen LogP contribution >= 0.6 is 0 Å². The molecule has 2 fully saturated rings. The van der Waals surface area contributed by atoms with Crippen LogP contribution in [0.1, 0.15) is 12.0 Å². The van der Waals surface area contributed by atoms with Gasteiger partial charge < -0.3 is 15.1 Å². The number of amides is 1. The van der Waals surface area contributed by atoms with E-state index in [4.69, 9.17) is 0 Å². The van der Waals surface area contributed by atoms with Crippen LogP contribution in [-0.4, -0.2) is 43.5 Å². The molecule has 2 atom stereocenters. The van der Waals surface area contributed by atoms with Gasteiger partial charge in [-0.3, -0.25) is 4.79 Å². The molecule has 5 rings (SSSR count). The molecule has 4 nitrogen and oxygen atoms in total. The summed E-state index contributed by atoms with van der Waals surface area (Å²) in [5.74, 6) is 0.491. The largest absolute Gasteiger partial charge is 0.367 e. The van der Waals surface area contributed by atoms with Gasteiger partial charge >= 0.3 is 0 Å². The number of likely N-dealkylation sites (tertiary alicyclic amines) is 1. The van der Waals surface area contributed by atoms with E-state index in [2.05, 4.69) is 34.3 Å². The first-order valence-electron chi connectivity index (χ1n) is 11.3. The third kappa shape index (κ3) is 4.39. The van der Waals surface area contributed by atoms with Crippen LogP contribution in [0.4, 0.5) is 15.8 Å². The maximum absolute atomic E-state index is 13.1. The van der Waals surface area contributed by atoms with Gasteiger partial charge in [-0.1, -0.05) is 36.4 Å². The van der Waals surface area contributed by atoms with Crippen LogP contribution in [0.15, 0.2) is 72.8 Å². The lowest BCUT2D eigenvalue weighted by Gasteiger charge is -2.26. The Labute approximate surface area is 188 Å². The molecular formula is C27H28FN3O. The van der Waals surface area contributed by atoms with Crippen molar-refractivity contribution in [2.45, 2.75) is 18.9 Å². The molecule has 2 aliphatic heterocycles. The predicted octanol–water partition coefficient (Wildman–Crippen LogP) is 4.81. The zero-order chi connectivity index (χ0) is 22.1. The lowest BCUT2D eigenvalue weighted by atomic mass is 10.0. The Hall–Kier alpha value is -3.18. The van der Waals surface area contributed by atoms with Crippen molar-refractivity contribution in [3.8, 4) is 11.1 Å². The molecule has 2 heterocycles. The van der Waals surface area contributed by atoms with Crippen molar-refractivity contribution in [2.75, 3.05) is 36.9 Å². The maximum atomic E-state index is 13.1. The molecule has 32 heavy (non-hydrogen) atoms. The molecule has 0 aromatic heterocycles. The maximum Gasteiger partial charge on any atom is 0.228 e. The molecule has 1 amide bonds. The molecule has 0 spiro atoms. The van der Waals surface area contributed by atoms with Gasteiger partial charge in [0.1, 0.15) is 5.82 Å². The minimum Gasteiger partial charge on any atom is -0.367 e. The van der Waals surface area contributed by atoms with Crippen LogP contribution in [0.3, 0.4) is 0 Å². The Bertz CT molecular complexity index is 1080. The molecular weight excluding hydrogens is 401 g/mol.